The van der Waals surface area contributed by atoms with Crippen LogP contribution >= 0.6 is 23.3 Å². The summed E-state index contributed by atoms with van der Waals surface area (Å²) in [5.74, 6) is 3.62. The number of aromatic nitrogens is 2. The molecule has 1 rings (SSSR count). The van der Waals surface area contributed by atoms with E-state index in [4.69, 9.17) is 5.73 Å². The van der Waals surface area contributed by atoms with Crippen molar-refractivity contribution >= 4 is 28.4 Å². The Balaban J connectivity index is 2.24. The van der Waals surface area contributed by atoms with Crippen molar-refractivity contribution in [2.45, 2.75) is 19.6 Å². The van der Waals surface area contributed by atoms with Gasteiger partial charge in [-0.3, -0.25) is 0 Å². The molecule has 1 heterocycles. The van der Waals surface area contributed by atoms with Gasteiger partial charge in [-0.25, -0.2) is 4.98 Å². The number of thioether (sulfide) groups is 1. The molecule has 0 spiro atoms. The average Bonchev–Trinajstić information content (AvgIpc) is 2.35. The first-order chi connectivity index (χ1) is 5.68. The van der Waals surface area contributed by atoms with Crippen molar-refractivity contribution in [2.75, 3.05) is 11.5 Å². The van der Waals surface area contributed by atoms with E-state index in [1.165, 1.54) is 11.5 Å². The summed E-state index contributed by atoms with van der Waals surface area (Å²) in [7, 11) is 0. The van der Waals surface area contributed by atoms with Gasteiger partial charge in [-0.1, -0.05) is 13.8 Å². The molecule has 0 atom stereocenters. The van der Waals surface area contributed by atoms with Crippen molar-refractivity contribution in [3.63, 3.8) is 0 Å². The van der Waals surface area contributed by atoms with Gasteiger partial charge in [-0.15, -0.1) is 0 Å². The first-order valence-electron chi connectivity index (χ1n) is 3.84. The number of hydrogen-bond acceptors (Lipinski definition) is 5. The molecule has 0 aliphatic heterocycles. The summed E-state index contributed by atoms with van der Waals surface area (Å²) < 4.78 is 4.10. The van der Waals surface area contributed by atoms with Gasteiger partial charge in [0.05, 0.1) is 5.75 Å². The van der Waals surface area contributed by atoms with Crippen LogP contribution in [0.4, 0.5) is 5.13 Å². The average molecular weight is 203 g/mol. The largest absolute Gasteiger partial charge is 0.374 e. The van der Waals surface area contributed by atoms with Crippen LogP contribution in [0, 0.1) is 5.92 Å². The van der Waals surface area contributed by atoms with E-state index in [-0.39, 0.29) is 0 Å². The first kappa shape index (κ1) is 9.80. The zero-order valence-corrected chi connectivity index (χ0v) is 8.91. The molecule has 1 aromatic rings. The van der Waals surface area contributed by atoms with Crippen molar-refractivity contribution in [3.05, 3.63) is 5.82 Å². The molecule has 0 aliphatic rings. The van der Waals surface area contributed by atoms with Crippen LogP contribution in [0.2, 0.25) is 0 Å². The monoisotopic (exact) mass is 203 g/mol. The molecule has 0 bridgehead atoms. The van der Waals surface area contributed by atoms with Crippen LogP contribution in [0.25, 0.3) is 0 Å². The Morgan fingerprint density at radius 3 is 2.83 bits per heavy atom. The molecular weight excluding hydrogens is 190 g/mol. The van der Waals surface area contributed by atoms with E-state index >= 15 is 0 Å². The zero-order valence-electron chi connectivity index (χ0n) is 7.28. The Morgan fingerprint density at radius 1 is 1.58 bits per heavy atom. The third kappa shape index (κ3) is 3.40. The van der Waals surface area contributed by atoms with E-state index < -0.39 is 0 Å². The second kappa shape index (κ2) is 4.67. The Labute approximate surface area is 80.9 Å². The number of nitrogen functional groups attached to an aromatic ring is 1. The summed E-state index contributed by atoms with van der Waals surface area (Å²) in [5, 5.41) is 0.565. The standard InChI is InChI=1S/C7H13N3S2/c1-5(2)3-11-4-6-9-7(8)12-10-6/h5H,3-4H2,1-2H3,(H2,8,9,10). The maximum atomic E-state index is 5.45. The Bertz CT molecular complexity index is 234. The van der Waals surface area contributed by atoms with Crippen LogP contribution < -0.4 is 5.73 Å². The fourth-order valence-corrected chi connectivity index (χ4v) is 2.15. The molecule has 1 aromatic heterocycles. The van der Waals surface area contributed by atoms with Gasteiger partial charge >= 0.3 is 0 Å². The van der Waals surface area contributed by atoms with E-state index in [9.17, 15) is 0 Å². The van der Waals surface area contributed by atoms with Gasteiger partial charge in [0.25, 0.3) is 0 Å². The lowest BCUT2D eigenvalue weighted by atomic mass is 10.3. The topological polar surface area (TPSA) is 51.8 Å². The Hall–Kier alpha value is -0.290. The van der Waals surface area contributed by atoms with Gasteiger partial charge in [-0.05, 0) is 11.7 Å². The highest BCUT2D eigenvalue weighted by molar-refractivity contribution is 7.98. The summed E-state index contributed by atoms with van der Waals surface area (Å²) in [4.78, 5) is 4.07. The van der Waals surface area contributed by atoms with Gasteiger partial charge < -0.3 is 5.73 Å². The molecule has 0 radical (unpaired) electrons. The maximum Gasteiger partial charge on any atom is 0.199 e. The lowest BCUT2D eigenvalue weighted by molar-refractivity contribution is 0.750. The van der Waals surface area contributed by atoms with Crippen molar-refractivity contribution in [1.82, 2.24) is 9.36 Å². The SMILES string of the molecule is CC(C)CSCc1nsc(N)n1. The van der Waals surface area contributed by atoms with Crippen molar-refractivity contribution < 1.29 is 0 Å². The normalized spacial score (nSPS) is 10.9. The fraction of sp³-hybridized carbons (Fsp3) is 0.714. The fourth-order valence-electron chi connectivity index (χ4n) is 0.712. The number of hydrogen-bond donors (Lipinski definition) is 1. The maximum absolute atomic E-state index is 5.45. The molecule has 0 saturated heterocycles. The lowest BCUT2D eigenvalue weighted by Crippen LogP contribution is -1.93. The van der Waals surface area contributed by atoms with E-state index in [1.807, 2.05) is 11.8 Å². The zero-order chi connectivity index (χ0) is 8.97. The second-order valence-electron chi connectivity index (χ2n) is 2.96. The lowest BCUT2D eigenvalue weighted by Gasteiger charge is -2.00. The van der Waals surface area contributed by atoms with E-state index in [1.54, 1.807) is 0 Å². The molecule has 0 saturated carbocycles. The molecule has 5 heteroatoms. The quantitative estimate of drug-likeness (QED) is 0.813. The van der Waals surface area contributed by atoms with Crippen LogP contribution in [0.15, 0.2) is 0 Å². The van der Waals surface area contributed by atoms with Gasteiger partial charge in [0, 0.05) is 11.5 Å². The van der Waals surface area contributed by atoms with Crippen LogP contribution in [-0.4, -0.2) is 15.1 Å². The van der Waals surface area contributed by atoms with Crippen molar-refractivity contribution in [3.8, 4) is 0 Å². The predicted molar refractivity (Wildman–Crippen MR) is 55.3 cm³/mol. The Kier molecular flexibility index (Phi) is 3.81. The Morgan fingerprint density at radius 2 is 2.33 bits per heavy atom. The molecule has 3 nitrogen and oxygen atoms in total. The minimum Gasteiger partial charge on any atom is -0.374 e. The molecule has 0 unspecified atom stereocenters. The van der Waals surface area contributed by atoms with E-state index in [0.29, 0.717) is 5.13 Å². The molecule has 0 fully saturated rings. The number of rotatable bonds is 4. The number of nitrogens with zero attached hydrogens (tertiary/aromatic N) is 2. The third-order valence-corrected chi connectivity index (χ3v) is 3.11. The number of nitrogens with two attached hydrogens (primary N) is 1. The molecule has 2 N–H and O–H groups in total. The number of anilines is 1. The smallest absolute Gasteiger partial charge is 0.199 e. The highest BCUT2D eigenvalue weighted by atomic mass is 32.2. The summed E-state index contributed by atoms with van der Waals surface area (Å²) in [6.45, 7) is 4.41. The van der Waals surface area contributed by atoms with E-state index in [0.717, 1.165) is 23.2 Å². The van der Waals surface area contributed by atoms with E-state index in [2.05, 4.69) is 23.2 Å². The predicted octanol–water partition coefficient (Wildman–Crippen LogP) is 2.01. The summed E-state index contributed by atoms with van der Waals surface area (Å²) in [6, 6.07) is 0. The van der Waals surface area contributed by atoms with Crippen LogP contribution in [0.5, 0.6) is 0 Å². The summed E-state index contributed by atoms with van der Waals surface area (Å²) in [6.07, 6.45) is 0. The summed E-state index contributed by atoms with van der Waals surface area (Å²) >= 11 is 3.12. The molecule has 12 heavy (non-hydrogen) atoms. The molecule has 68 valence electrons. The van der Waals surface area contributed by atoms with Gasteiger partial charge in [0.15, 0.2) is 11.0 Å². The first-order valence-corrected chi connectivity index (χ1v) is 5.77. The van der Waals surface area contributed by atoms with Crippen molar-refractivity contribution in [2.24, 2.45) is 5.92 Å². The molecule has 0 aromatic carbocycles. The molecular formula is C7H13N3S2. The van der Waals surface area contributed by atoms with Gasteiger partial charge in [0.1, 0.15) is 0 Å². The molecule has 0 aliphatic carbocycles. The van der Waals surface area contributed by atoms with Crippen LogP contribution in [-0.2, 0) is 5.75 Å². The van der Waals surface area contributed by atoms with Crippen molar-refractivity contribution in [1.29, 1.82) is 0 Å². The second-order valence-corrected chi connectivity index (χ2v) is 4.77. The van der Waals surface area contributed by atoms with Gasteiger partial charge in [0.2, 0.25) is 0 Å². The highest BCUT2D eigenvalue weighted by Crippen LogP contribution is 2.15. The third-order valence-electron chi connectivity index (χ3n) is 1.17. The van der Waals surface area contributed by atoms with Crippen LogP contribution in [0.3, 0.4) is 0 Å². The van der Waals surface area contributed by atoms with Gasteiger partial charge in [-0.2, -0.15) is 16.1 Å². The minimum absolute atomic E-state index is 0.565. The summed E-state index contributed by atoms with van der Waals surface area (Å²) in [5.41, 5.74) is 5.45. The minimum atomic E-state index is 0.565. The highest BCUT2D eigenvalue weighted by Gasteiger charge is 2.01. The molecule has 0 amide bonds. The van der Waals surface area contributed by atoms with Crippen LogP contribution in [0.1, 0.15) is 19.7 Å².